The molecule has 1 aromatic carbocycles. The number of halogens is 2. The van der Waals surface area contributed by atoms with E-state index >= 15 is 0 Å². The minimum absolute atomic E-state index is 0.0501. The Labute approximate surface area is 104 Å². The summed E-state index contributed by atoms with van der Waals surface area (Å²) < 4.78 is 18.3. The van der Waals surface area contributed by atoms with Crippen molar-refractivity contribution in [2.45, 2.75) is 25.9 Å². The molecule has 1 atom stereocenters. The van der Waals surface area contributed by atoms with Crippen LogP contribution in [0.15, 0.2) is 18.2 Å². The Morgan fingerprint density at radius 1 is 1.65 bits per heavy atom. The maximum atomic E-state index is 12.9. The molecule has 0 bridgehead atoms. The van der Waals surface area contributed by atoms with Crippen molar-refractivity contribution in [3.05, 3.63) is 29.0 Å². The van der Waals surface area contributed by atoms with Gasteiger partial charge in [0.2, 0.25) is 0 Å². The summed E-state index contributed by atoms with van der Waals surface area (Å²) in [4.78, 5) is 11.4. The van der Waals surface area contributed by atoms with Gasteiger partial charge in [0, 0.05) is 6.07 Å². The van der Waals surface area contributed by atoms with Gasteiger partial charge in [-0.25, -0.2) is 10.2 Å². The standard InChI is InChI=1S/C11H14ClFN2O2/c1-2-3-10(11(16)15-14)17-7-4-5-9(13)8(12)6-7/h4-6,10H,2-3,14H2,1H3,(H,15,16). The summed E-state index contributed by atoms with van der Waals surface area (Å²) in [6.07, 6.45) is 0.567. The number of hydrogen-bond acceptors (Lipinski definition) is 3. The lowest BCUT2D eigenvalue weighted by Crippen LogP contribution is -2.42. The molecule has 4 nitrogen and oxygen atoms in total. The molecule has 1 amide bonds. The van der Waals surface area contributed by atoms with Crippen molar-refractivity contribution in [3.8, 4) is 5.75 Å². The van der Waals surface area contributed by atoms with Crippen LogP contribution in [0.5, 0.6) is 5.75 Å². The molecule has 0 spiro atoms. The minimum atomic E-state index is -0.702. The number of carbonyl (C=O) groups is 1. The van der Waals surface area contributed by atoms with E-state index in [2.05, 4.69) is 0 Å². The van der Waals surface area contributed by atoms with Crippen LogP contribution in [-0.2, 0) is 4.79 Å². The molecule has 17 heavy (non-hydrogen) atoms. The predicted molar refractivity (Wildman–Crippen MR) is 63.1 cm³/mol. The fraction of sp³-hybridized carbons (Fsp3) is 0.364. The number of nitrogens with two attached hydrogens (primary N) is 1. The highest BCUT2D eigenvalue weighted by Gasteiger charge is 2.18. The molecular formula is C11H14ClFN2O2. The molecule has 0 aliphatic carbocycles. The van der Waals surface area contributed by atoms with E-state index in [0.717, 1.165) is 6.42 Å². The molecule has 0 saturated heterocycles. The zero-order chi connectivity index (χ0) is 12.8. The van der Waals surface area contributed by atoms with Gasteiger partial charge in [0.05, 0.1) is 5.02 Å². The molecule has 0 aromatic heterocycles. The van der Waals surface area contributed by atoms with Gasteiger partial charge in [-0.2, -0.15) is 0 Å². The predicted octanol–water partition coefficient (Wildman–Crippen LogP) is 2.02. The second-order valence-electron chi connectivity index (χ2n) is 3.48. The van der Waals surface area contributed by atoms with Crippen LogP contribution in [0.1, 0.15) is 19.8 Å². The molecule has 0 aliphatic heterocycles. The van der Waals surface area contributed by atoms with E-state index < -0.39 is 17.8 Å². The molecule has 1 rings (SSSR count). The number of nitrogens with one attached hydrogen (secondary N) is 1. The van der Waals surface area contributed by atoms with E-state index in [0.29, 0.717) is 12.2 Å². The van der Waals surface area contributed by atoms with E-state index in [9.17, 15) is 9.18 Å². The molecule has 6 heteroatoms. The Balaban J connectivity index is 2.78. The number of benzene rings is 1. The van der Waals surface area contributed by atoms with E-state index in [1.807, 2.05) is 12.3 Å². The average molecular weight is 261 g/mol. The monoisotopic (exact) mass is 260 g/mol. The third-order valence-corrected chi connectivity index (χ3v) is 2.44. The summed E-state index contributed by atoms with van der Waals surface area (Å²) in [6.45, 7) is 1.91. The van der Waals surface area contributed by atoms with E-state index in [1.54, 1.807) is 0 Å². The van der Waals surface area contributed by atoms with Crippen LogP contribution >= 0.6 is 11.6 Å². The Kier molecular flexibility index (Phi) is 5.18. The molecule has 3 N–H and O–H groups in total. The zero-order valence-electron chi connectivity index (χ0n) is 9.37. The molecular weight excluding hydrogens is 247 g/mol. The van der Waals surface area contributed by atoms with Crippen molar-refractivity contribution >= 4 is 17.5 Å². The van der Waals surface area contributed by atoms with E-state index in [-0.39, 0.29) is 5.02 Å². The third-order valence-electron chi connectivity index (χ3n) is 2.15. The number of ether oxygens (including phenoxy) is 1. The zero-order valence-corrected chi connectivity index (χ0v) is 10.1. The van der Waals surface area contributed by atoms with Crippen molar-refractivity contribution < 1.29 is 13.9 Å². The number of amides is 1. The number of hydrogen-bond donors (Lipinski definition) is 2. The normalized spacial score (nSPS) is 12.0. The van der Waals surface area contributed by atoms with Gasteiger partial charge in [-0.1, -0.05) is 24.9 Å². The van der Waals surface area contributed by atoms with Crippen molar-refractivity contribution in [1.82, 2.24) is 5.43 Å². The van der Waals surface area contributed by atoms with Crippen LogP contribution in [-0.4, -0.2) is 12.0 Å². The summed E-state index contributed by atoms with van der Waals surface area (Å²) >= 11 is 5.61. The first-order chi connectivity index (χ1) is 8.08. The van der Waals surface area contributed by atoms with Gasteiger partial charge in [-0.15, -0.1) is 0 Å². The average Bonchev–Trinajstić information content (AvgIpc) is 2.32. The second kappa shape index (κ2) is 6.42. The lowest BCUT2D eigenvalue weighted by molar-refractivity contribution is -0.128. The highest BCUT2D eigenvalue weighted by molar-refractivity contribution is 6.30. The largest absolute Gasteiger partial charge is 0.480 e. The highest BCUT2D eigenvalue weighted by atomic mass is 35.5. The quantitative estimate of drug-likeness (QED) is 0.484. The summed E-state index contributed by atoms with van der Waals surface area (Å²) in [6, 6.07) is 3.91. The van der Waals surface area contributed by atoms with Gasteiger partial charge in [0.25, 0.3) is 5.91 Å². The smallest absolute Gasteiger partial charge is 0.274 e. The Morgan fingerprint density at radius 2 is 2.35 bits per heavy atom. The van der Waals surface area contributed by atoms with Crippen LogP contribution < -0.4 is 16.0 Å². The third kappa shape index (κ3) is 3.87. The van der Waals surface area contributed by atoms with Crippen molar-refractivity contribution in [2.75, 3.05) is 0 Å². The molecule has 0 heterocycles. The van der Waals surface area contributed by atoms with Crippen LogP contribution in [0.2, 0.25) is 5.02 Å². The first-order valence-electron chi connectivity index (χ1n) is 5.20. The van der Waals surface area contributed by atoms with Gasteiger partial charge in [-0.05, 0) is 18.6 Å². The molecule has 0 aliphatic rings. The van der Waals surface area contributed by atoms with Crippen LogP contribution in [0, 0.1) is 5.82 Å². The molecule has 1 aromatic rings. The van der Waals surface area contributed by atoms with Gasteiger partial charge in [0.15, 0.2) is 6.10 Å². The highest BCUT2D eigenvalue weighted by Crippen LogP contribution is 2.22. The minimum Gasteiger partial charge on any atom is -0.480 e. The van der Waals surface area contributed by atoms with Crippen LogP contribution in [0.3, 0.4) is 0 Å². The summed E-state index contributed by atoms with van der Waals surface area (Å²) in [5.74, 6) is 4.42. The first kappa shape index (κ1) is 13.7. The molecule has 1 unspecified atom stereocenters. The molecule has 0 fully saturated rings. The number of hydrazine groups is 1. The lowest BCUT2D eigenvalue weighted by Gasteiger charge is -2.16. The van der Waals surface area contributed by atoms with E-state index in [4.69, 9.17) is 22.2 Å². The summed E-state index contributed by atoms with van der Waals surface area (Å²) in [5.41, 5.74) is 2.03. The Bertz CT molecular complexity index is 401. The number of rotatable bonds is 5. The Morgan fingerprint density at radius 3 is 2.88 bits per heavy atom. The maximum Gasteiger partial charge on any atom is 0.274 e. The fourth-order valence-corrected chi connectivity index (χ4v) is 1.48. The van der Waals surface area contributed by atoms with Crippen molar-refractivity contribution in [3.63, 3.8) is 0 Å². The van der Waals surface area contributed by atoms with Gasteiger partial charge < -0.3 is 4.74 Å². The fourth-order valence-electron chi connectivity index (χ4n) is 1.31. The van der Waals surface area contributed by atoms with Crippen LogP contribution in [0.25, 0.3) is 0 Å². The van der Waals surface area contributed by atoms with Crippen molar-refractivity contribution in [2.24, 2.45) is 5.84 Å². The summed E-state index contributed by atoms with van der Waals surface area (Å²) in [7, 11) is 0. The van der Waals surface area contributed by atoms with Crippen LogP contribution in [0.4, 0.5) is 4.39 Å². The second-order valence-corrected chi connectivity index (χ2v) is 3.89. The molecule has 0 radical (unpaired) electrons. The number of carbonyl (C=O) groups excluding carboxylic acids is 1. The SMILES string of the molecule is CCCC(Oc1ccc(F)c(Cl)c1)C(=O)NN. The lowest BCUT2D eigenvalue weighted by atomic mass is 10.2. The summed E-state index contributed by atoms with van der Waals surface area (Å²) in [5, 5.41) is -0.0501. The van der Waals surface area contributed by atoms with E-state index in [1.165, 1.54) is 18.2 Å². The topological polar surface area (TPSA) is 64.3 Å². The first-order valence-corrected chi connectivity index (χ1v) is 5.58. The van der Waals surface area contributed by atoms with Gasteiger partial charge in [-0.3, -0.25) is 10.2 Å². The Hall–Kier alpha value is -1.33. The van der Waals surface area contributed by atoms with Gasteiger partial charge >= 0.3 is 0 Å². The molecule has 94 valence electrons. The maximum absolute atomic E-state index is 12.9. The van der Waals surface area contributed by atoms with Crippen molar-refractivity contribution in [1.29, 1.82) is 0 Å². The molecule has 0 saturated carbocycles. The van der Waals surface area contributed by atoms with Gasteiger partial charge in [0.1, 0.15) is 11.6 Å².